The number of fused-ring (bicyclic) bond motifs is 3. The quantitative estimate of drug-likeness (QED) is 0.214. The van der Waals surface area contributed by atoms with E-state index in [0.717, 1.165) is 49.9 Å². The normalized spacial score (nSPS) is 11.3. The van der Waals surface area contributed by atoms with Crippen LogP contribution in [0.3, 0.4) is 0 Å². The van der Waals surface area contributed by atoms with Crippen molar-refractivity contribution in [3.05, 3.63) is 146 Å². The molecule has 0 atom stereocenters. The second-order valence-electron chi connectivity index (χ2n) is 10.3. The van der Waals surface area contributed by atoms with Gasteiger partial charge < -0.3 is 0 Å². The number of rotatable bonds is 5. The summed E-state index contributed by atoms with van der Waals surface area (Å²) in [5.74, 6) is 2.71. The monoisotopic (exact) mass is 552 g/mol. The third kappa shape index (κ3) is 4.51. The largest absolute Gasteiger partial charge is 0.294 e. The lowest BCUT2D eigenvalue weighted by Crippen LogP contribution is -2.00. The molecule has 3 heterocycles. The Balaban J connectivity index is 1.37. The van der Waals surface area contributed by atoms with Crippen molar-refractivity contribution in [3.63, 3.8) is 0 Å². The number of benzene rings is 5. The minimum Gasteiger partial charge on any atom is -0.294 e. The molecule has 8 aromatic rings. The summed E-state index contributed by atoms with van der Waals surface area (Å²) in [7, 11) is 0. The molecule has 0 fully saturated rings. The molecule has 0 spiro atoms. The average Bonchev–Trinajstić information content (AvgIpc) is 3.42. The molecule has 0 aliphatic carbocycles. The first-order chi connectivity index (χ1) is 21.3. The third-order valence-electron chi connectivity index (χ3n) is 7.63. The van der Waals surface area contributed by atoms with Gasteiger partial charge in [-0.05, 0) is 47.5 Å². The van der Waals surface area contributed by atoms with Crippen LogP contribution in [0.15, 0.2) is 146 Å². The van der Waals surface area contributed by atoms with Gasteiger partial charge in [-0.25, -0.2) is 24.9 Å². The SMILES string of the molecule is c1ccc(-c2ccc3c(c2)c2cc(-c4nc(-c5ccccc5)nc(-c5ccccc5)n4)ccc2n3-c2ccncn2)cc1. The van der Waals surface area contributed by atoms with Crippen LogP contribution in [0.25, 0.3) is 72.9 Å². The van der Waals surface area contributed by atoms with E-state index in [9.17, 15) is 0 Å². The fourth-order valence-corrected chi connectivity index (χ4v) is 5.57. The van der Waals surface area contributed by atoms with Crippen LogP contribution in [0.1, 0.15) is 0 Å². The standard InChI is InChI=1S/C37H24N6/c1-4-10-25(11-5-1)28-16-18-32-30(22-28)31-23-29(17-19-33(31)43(32)34-20-21-38-24-39-34)37-41-35(26-12-6-2-7-13-26)40-36(42-37)27-14-8-3-9-15-27/h1-24H. The van der Waals surface area contributed by atoms with Crippen molar-refractivity contribution >= 4 is 21.8 Å². The van der Waals surface area contributed by atoms with Gasteiger partial charge in [-0.1, -0.05) is 97.1 Å². The van der Waals surface area contributed by atoms with Crippen LogP contribution in [-0.2, 0) is 0 Å². The molecular weight excluding hydrogens is 528 g/mol. The van der Waals surface area contributed by atoms with Gasteiger partial charge in [-0.3, -0.25) is 4.57 Å². The lowest BCUT2D eigenvalue weighted by atomic mass is 10.0. The van der Waals surface area contributed by atoms with Crippen LogP contribution >= 0.6 is 0 Å². The zero-order chi connectivity index (χ0) is 28.6. The van der Waals surface area contributed by atoms with Crippen LogP contribution in [0.2, 0.25) is 0 Å². The van der Waals surface area contributed by atoms with Crippen molar-refractivity contribution in [3.8, 4) is 51.1 Å². The van der Waals surface area contributed by atoms with Crippen molar-refractivity contribution in [2.45, 2.75) is 0 Å². The fraction of sp³-hybridized carbons (Fsp3) is 0. The van der Waals surface area contributed by atoms with Gasteiger partial charge in [0.05, 0.1) is 11.0 Å². The average molecular weight is 553 g/mol. The topological polar surface area (TPSA) is 69.4 Å². The van der Waals surface area contributed by atoms with E-state index in [1.807, 2.05) is 72.8 Å². The third-order valence-corrected chi connectivity index (χ3v) is 7.63. The Hall–Kier alpha value is -6.01. The summed E-state index contributed by atoms with van der Waals surface area (Å²) in [6, 6.07) is 45.4. The summed E-state index contributed by atoms with van der Waals surface area (Å²) >= 11 is 0. The van der Waals surface area contributed by atoms with E-state index < -0.39 is 0 Å². The second kappa shape index (κ2) is 10.4. The van der Waals surface area contributed by atoms with Gasteiger partial charge in [0.1, 0.15) is 12.1 Å². The fourth-order valence-electron chi connectivity index (χ4n) is 5.57. The van der Waals surface area contributed by atoms with E-state index in [2.05, 4.69) is 75.2 Å². The van der Waals surface area contributed by atoms with Crippen molar-refractivity contribution in [2.24, 2.45) is 0 Å². The first kappa shape index (κ1) is 24.8. The predicted octanol–water partition coefficient (Wildman–Crippen LogP) is 8.43. The maximum absolute atomic E-state index is 4.97. The summed E-state index contributed by atoms with van der Waals surface area (Å²) in [6.45, 7) is 0. The van der Waals surface area contributed by atoms with Crippen LogP contribution in [0.5, 0.6) is 0 Å². The highest BCUT2D eigenvalue weighted by atomic mass is 15.1. The second-order valence-corrected chi connectivity index (χ2v) is 10.3. The van der Waals surface area contributed by atoms with Gasteiger partial charge in [0.25, 0.3) is 0 Å². The minimum atomic E-state index is 0.622. The van der Waals surface area contributed by atoms with Gasteiger partial charge in [0.2, 0.25) is 0 Å². The van der Waals surface area contributed by atoms with E-state index in [-0.39, 0.29) is 0 Å². The van der Waals surface area contributed by atoms with Gasteiger partial charge >= 0.3 is 0 Å². The molecule has 3 aromatic heterocycles. The first-order valence-corrected chi connectivity index (χ1v) is 14.1. The number of nitrogens with zero attached hydrogens (tertiary/aromatic N) is 6. The van der Waals surface area contributed by atoms with E-state index in [0.29, 0.717) is 17.5 Å². The molecule has 0 aliphatic heterocycles. The molecule has 0 radical (unpaired) electrons. The molecule has 0 amide bonds. The number of hydrogen-bond donors (Lipinski definition) is 0. The Morgan fingerprint density at radius 1 is 0.419 bits per heavy atom. The molecule has 0 saturated carbocycles. The lowest BCUT2D eigenvalue weighted by molar-refractivity contribution is 1.04. The predicted molar refractivity (Wildman–Crippen MR) is 171 cm³/mol. The molecule has 202 valence electrons. The van der Waals surface area contributed by atoms with Crippen LogP contribution in [0, 0.1) is 0 Å². The maximum atomic E-state index is 4.97. The highest BCUT2D eigenvalue weighted by Gasteiger charge is 2.17. The Kier molecular flexibility index (Phi) is 6.01. The van der Waals surface area contributed by atoms with Crippen molar-refractivity contribution in [1.29, 1.82) is 0 Å². The van der Waals surface area contributed by atoms with Crippen LogP contribution < -0.4 is 0 Å². The molecule has 0 bridgehead atoms. The van der Waals surface area contributed by atoms with Crippen molar-refractivity contribution in [1.82, 2.24) is 29.5 Å². The molecule has 0 N–H and O–H groups in total. The van der Waals surface area contributed by atoms with Gasteiger partial charge in [-0.15, -0.1) is 0 Å². The van der Waals surface area contributed by atoms with E-state index in [1.165, 1.54) is 5.56 Å². The van der Waals surface area contributed by atoms with Gasteiger partial charge in [0.15, 0.2) is 17.5 Å². The summed E-state index contributed by atoms with van der Waals surface area (Å²) < 4.78 is 2.18. The molecular formula is C37H24N6. The highest BCUT2D eigenvalue weighted by molar-refractivity contribution is 6.11. The van der Waals surface area contributed by atoms with Crippen LogP contribution in [-0.4, -0.2) is 29.5 Å². The van der Waals surface area contributed by atoms with Crippen molar-refractivity contribution in [2.75, 3.05) is 0 Å². The zero-order valence-corrected chi connectivity index (χ0v) is 23.0. The molecule has 6 heteroatoms. The first-order valence-electron chi connectivity index (χ1n) is 14.1. The number of aromatic nitrogens is 6. The Morgan fingerprint density at radius 3 is 1.44 bits per heavy atom. The van der Waals surface area contributed by atoms with Crippen molar-refractivity contribution < 1.29 is 0 Å². The minimum absolute atomic E-state index is 0.622. The van der Waals surface area contributed by atoms with Gasteiger partial charge in [-0.2, -0.15) is 0 Å². The summed E-state index contributed by atoms with van der Waals surface area (Å²) in [5, 5.41) is 2.21. The Bertz CT molecular complexity index is 2150. The summed E-state index contributed by atoms with van der Waals surface area (Å²) in [5.41, 5.74) is 7.23. The summed E-state index contributed by atoms with van der Waals surface area (Å²) in [6.07, 6.45) is 3.36. The lowest BCUT2D eigenvalue weighted by Gasteiger charge is -2.09. The smallest absolute Gasteiger partial charge is 0.164 e. The zero-order valence-electron chi connectivity index (χ0n) is 23.0. The van der Waals surface area contributed by atoms with E-state index in [1.54, 1.807) is 12.5 Å². The van der Waals surface area contributed by atoms with Gasteiger partial charge in [0, 0.05) is 33.7 Å². The molecule has 5 aromatic carbocycles. The maximum Gasteiger partial charge on any atom is 0.164 e. The summed E-state index contributed by atoms with van der Waals surface area (Å²) in [4.78, 5) is 23.5. The molecule has 0 aliphatic rings. The molecule has 0 unspecified atom stereocenters. The van der Waals surface area contributed by atoms with E-state index >= 15 is 0 Å². The molecule has 43 heavy (non-hydrogen) atoms. The Morgan fingerprint density at radius 2 is 0.907 bits per heavy atom. The molecule has 0 saturated heterocycles. The van der Waals surface area contributed by atoms with Crippen LogP contribution in [0.4, 0.5) is 0 Å². The Labute approximate surface area is 248 Å². The molecule has 6 nitrogen and oxygen atoms in total. The molecule has 8 rings (SSSR count). The highest BCUT2D eigenvalue weighted by Crippen LogP contribution is 2.36. The van der Waals surface area contributed by atoms with E-state index in [4.69, 9.17) is 15.0 Å². The number of hydrogen-bond acceptors (Lipinski definition) is 5.